The average molecular weight is 278 g/mol. The van der Waals surface area contributed by atoms with Crippen molar-refractivity contribution in [2.75, 3.05) is 6.54 Å². The van der Waals surface area contributed by atoms with Crippen LogP contribution in [-0.2, 0) is 4.79 Å². The lowest BCUT2D eigenvalue weighted by atomic mass is 10.0. The minimum atomic E-state index is -0.0945. The second-order valence-electron chi connectivity index (χ2n) is 5.76. The van der Waals surface area contributed by atoms with E-state index in [0.29, 0.717) is 0 Å². The maximum atomic E-state index is 12.0. The van der Waals surface area contributed by atoms with Gasteiger partial charge in [-0.2, -0.15) is 0 Å². The predicted molar refractivity (Wildman–Crippen MR) is 82.9 cm³/mol. The highest BCUT2D eigenvalue weighted by Crippen LogP contribution is 2.43. The average Bonchev–Trinajstić information content (AvgIpc) is 2.85. The number of benzene rings is 2. The van der Waals surface area contributed by atoms with Gasteiger partial charge in [0.25, 0.3) is 0 Å². The minimum absolute atomic E-state index is 0.0945. The molecule has 2 aliphatic rings. The molecule has 1 amide bonds. The fraction of sp³-hybridized carbons (Fsp3) is 0.278. The van der Waals surface area contributed by atoms with E-state index in [4.69, 9.17) is 0 Å². The second-order valence-corrected chi connectivity index (χ2v) is 5.76. The highest BCUT2D eigenvalue weighted by molar-refractivity contribution is 5.83. The third kappa shape index (κ3) is 2.05. The molecule has 2 aromatic rings. The lowest BCUT2D eigenvalue weighted by Crippen LogP contribution is -2.49. The van der Waals surface area contributed by atoms with Crippen LogP contribution in [0.5, 0.6) is 0 Å². The first-order chi connectivity index (χ1) is 10.3. The van der Waals surface area contributed by atoms with Crippen LogP contribution in [0.15, 0.2) is 48.5 Å². The van der Waals surface area contributed by atoms with Crippen LogP contribution in [0.2, 0.25) is 0 Å². The number of carbonyl (C=O) groups excluding carboxylic acids is 1. The van der Waals surface area contributed by atoms with Gasteiger partial charge in [0.15, 0.2) is 0 Å². The second kappa shape index (κ2) is 5.01. The van der Waals surface area contributed by atoms with Crippen LogP contribution in [0.4, 0.5) is 0 Å². The van der Waals surface area contributed by atoms with Crippen LogP contribution in [0, 0.1) is 0 Å². The van der Waals surface area contributed by atoms with E-state index in [1.807, 2.05) is 0 Å². The van der Waals surface area contributed by atoms with E-state index in [-0.39, 0.29) is 18.0 Å². The number of piperidine rings is 1. The van der Waals surface area contributed by atoms with Crippen molar-refractivity contribution >= 4 is 5.91 Å². The first-order valence-corrected chi connectivity index (χ1v) is 7.56. The van der Waals surface area contributed by atoms with Crippen molar-refractivity contribution in [1.29, 1.82) is 0 Å². The summed E-state index contributed by atoms with van der Waals surface area (Å²) in [5.74, 6) is 0.128. The summed E-state index contributed by atoms with van der Waals surface area (Å²) in [4.78, 5) is 12.0. The molecule has 0 saturated carbocycles. The van der Waals surface area contributed by atoms with Crippen molar-refractivity contribution in [2.24, 2.45) is 0 Å². The van der Waals surface area contributed by atoms with Crippen molar-refractivity contribution in [3.63, 3.8) is 0 Å². The van der Waals surface area contributed by atoms with Gasteiger partial charge in [0.1, 0.15) is 0 Å². The molecular formula is C18H18N2O. The number of nitrogens with one attached hydrogen (secondary N) is 2. The molecule has 106 valence electrons. The number of hydrogen-bond donors (Lipinski definition) is 2. The van der Waals surface area contributed by atoms with Gasteiger partial charge in [-0.1, -0.05) is 48.5 Å². The first-order valence-electron chi connectivity index (χ1n) is 7.56. The molecule has 2 aromatic carbocycles. The molecule has 4 rings (SSSR count). The molecule has 3 heteroatoms. The summed E-state index contributed by atoms with van der Waals surface area (Å²) in [5, 5.41) is 6.52. The Balaban J connectivity index is 1.73. The number of hydrogen-bond acceptors (Lipinski definition) is 2. The first kappa shape index (κ1) is 12.6. The van der Waals surface area contributed by atoms with Crippen molar-refractivity contribution in [3.8, 4) is 11.1 Å². The topological polar surface area (TPSA) is 41.1 Å². The highest BCUT2D eigenvalue weighted by atomic mass is 16.2. The van der Waals surface area contributed by atoms with Gasteiger partial charge in [0, 0.05) is 6.54 Å². The SMILES string of the molecule is O=C1NCCCC1NC1c2ccccc2-c2ccccc21. The summed E-state index contributed by atoms with van der Waals surface area (Å²) in [7, 11) is 0. The monoisotopic (exact) mass is 278 g/mol. The maximum Gasteiger partial charge on any atom is 0.237 e. The molecule has 21 heavy (non-hydrogen) atoms. The molecule has 1 aliphatic heterocycles. The lowest BCUT2D eigenvalue weighted by Gasteiger charge is -2.27. The molecule has 1 fully saturated rings. The molecule has 2 N–H and O–H groups in total. The molecule has 1 unspecified atom stereocenters. The molecule has 3 nitrogen and oxygen atoms in total. The molecule has 1 atom stereocenters. The van der Waals surface area contributed by atoms with Gasteiger partial charge in [0.05, 0.1) is 12.1 Å². The van der Waals surface area contributed by atoms with Gasteiger partial charge < -0.3 is 5.32 Å². The Hall–Kier alpha value is -2.13. The molecule has 1 heterocycles. The smallest absolute Gasteiger partial charge is 0.237 e. The number of fused-ring (bicyclic) bond motifs is 3. The zero-order valence-electron chi connectivity index (χ0n) is 11.8. The van der Waals surface area contributed by atoms with Crippen molar-refractivity contribution in [3.05, 3.63) is 59.7 Å². The number of rotatable bonds is 2. The number of carbonyl (C=O) groups is 1. The summed E-state index contributed by atoms with van der Waals surface area (Å²) < 4.78 is 0. The number of amides is 1. The summed E-state index contributed by atoms with van der Waals surface area (Å²) in [6.07, 6.45) is 1.95. The van der Waals surface area contributed by atoms with E-state index in [1.54, 1.807) is 0 Å². The molecule has 1 saturated heterocycles. The summed E-state index contributed by atoms with van der Waals surface area (Å²) >= 11 is 0. The van der Waals surface area contributed by atoms with Crippen molar-refractivity contribution in [1.82, 2.24) is 10.6 Å². The Bertz CT molecular complexity index is 650. The lowest BCUT2D eigenvalue weighted by molar-refractivity contribution is -0.124. The third-order valence-electron chi connectivity index (χ3n) is 4.49. The van der Waals surface area contributed by atoms with Crippen LogP contribution < -0.4 is 10.6 Å². The maximum absolute atomic E-state index is 12.0. The van der Waals surface area contributed by atoms with Crippen molar-refractivity contribution < 1.29 is 4.79 Å². The van der Waals surface area contributed by atoms with E-state index >= 15 is 0 Å². The fourth-order valence-electron chi connectivity index (χ4n) is 3.47. The summed E-state index contributed by atoms with van der Waals surface area (Å²) in [6, 6.07) is 17.0. The van der Waals surface area contributed by atoms with E-state index < -0.39 is 0 Å². The Morgan fingerprint density at radius 3 is 2.19 bits per heavy atom. The Kier molecular flexibility index (Phi) is 3.00. The Morgan fingerprint density at radius 1 is 0.952 bits per heavy atom. The minimum Gasteiger partial charge on any atom is -0.355 e. The Labute approximate surface area is 124 Å². The van der Waals surface area contributed by atoms with Crippen LogP contribution in [0.3, 0.4) is 0 Å². The summed E-state index contributed by atoms with van der Waals surface area (Å²) in [6.45, 7) is 0.800. The molecule has 0 spiro atoms. The standard InChI is InChI=1S/C18H18N2O/c21-18-16(10-5-11-19-18)20-17-14-8-3-1-6-12(14)13-7-2-4-9-15(13)17/h1-4,6-9,16-17,20H,5,10-11H2,(H,19,21). The molecule has 1 aliphatic carbocycles. The fourth-order valence-corrected chi connectivity index (χ4v) is 3.47. The molecule has 0 radical (unpaired) electrons. The Morgan fingerprint density at radius 2 is 1.57 bits per heavy atom. The predicted octanol–water partition coefficient (Wildman–Crippen LogP) is 2.62. The summed E-state index contributed by atoms with van der Waals surface area (Å²) in [5.41, 5.74) is 5.11. The van der Waals surface area contributed by atoms with Gasteiger partial charge >= 0.3 is 0 Å². The van der Waals surface area contributed by atoms with E-state index in [0.717, 1.165) is 19.4 Å². The van der Waals surface area contributed by atoms with Gasteiger partial charge in [-0.25, -0.2) is 0 Å². The van der Waals surface area contributed by atoms with Gasteiger partial charge in [-0.3, -0.25) is 10.1 Å². The zero-order chi connectivity index (χ0) is 14.2. The van der Waals surface area contributed by atoms with Crippen LogP contribution in [0.1, 0.15) is 30.0 Å². The van der Waals surface area contributed by atoms with E-state index in [9.17, 15) is 4.79 Å². The largest absolute Gasteiger partial charge is 0.355 e. The normalized spacial score (nSPS) is 20.8. The third-order valence-corrected chi connectivity index (χ3v) is 4.49. The van der Waals surface area contributed by atoms with Crippen LogP contribution >= 0.6 is 0 Å². The van der Waals surface area contributed by atoms with Gasteiger partial charge in [-0.15, -0.1) is 0 Å². The highest BCUT2D eigenvalue weighted by Gasteiger charge is 2.32. The van der Waals surface area contributed by atoms with Gasteiger partial charge in [0.2, 0.25) is 5.91 Å². The van der Waals surface area contributed by atoms with Crippen LogP contribution in [-0.4, -0.2) is 18.5 Å². The zero-order valence-corrected chi connectivity index (χ0v) is 11.8. The van der Waals surface area contributed by atoms with Crippen molar-refractivity contribution in [2.45, 2.75) is 24.9 Å². The van der Waals surface area contributed by atoms with E-state index in [1.165, 1.54) is 22.3 Å². The quantitative estimate of drug-likeness (QED) is 0.886. The van der Waals surface area contributed by atoms with Gasteiger partial charge in [-0.05, 0) is 35.1 Å². The molecule has 0 bridgehead atoms. The molecular weight excluding hydrogens is 260 g/mol. The van der Waals surface area contributed by atoms with E-state index in [2.05, 4.69) is 59.2 Å². The molecule has 0 aromatic heterocycles. The van der Waals surface area contributed by atoms with Crippen LogP contribution in [0.25, 0.3) is 11.1 Å².